The number of carboxylic acids is 1. The fourth-order valence-corrected chi connectivity index (χ4v) is 2.05. The van der Waals surface area contributed by atoms with Crippen molar-refractivity contribution in [1.29, 1.82) is 0 Å². The van der Waals surface area contributed by atoms with E-state index in [0.29, 0.717) is 5.69 Å². The number of halogens is 2. The SMILES string of the molecule is CC(C)(C)c1nc(-c2ccc(F)cc2F)ccc1C(=O)O. The highest BCUT2D eigenvalue weighted by atomic mass is 19.1. The van der Waals surface area contributed by atoms with Gasteiger partial charge in [-0.15, -0.1) is 0 Å². The van der Waals surface area contributed by atoms with Crippen LogP contribution in [0.2, 0.25) is 0 Å². The van der Waals surface area contributed by atoms with Gasteiger partial charge in [-0.05, 0) is 24.3 Å². The number of benzene rings is 1. The third-order valence-electron chi connectivity index (χ3n) is 3.04. The van der Waals surface area contributed by atoms with Crippen LogP contribution in [0.1, 0.15) is 36.8 Å². The molecule has 0 bridgehead atoms. The van der Waals surface area contributed by atoms with Crippen LogP contribution in [-0.2, 0) is 5.41 Å². The normalized spacial score (nSPS) is 11.5. The molecule has 0 aliphatic heterocycles. The number of hydrogen-bond acceptors (Lipinski definition) is 2. The van der Waals surface area contributed by atoms with E-state index in [1.807, 2.05) is 20.8 Å². The van der Waals surface area contributed by atoms with Crippen molar-refractivity contribution in [2.24, 2.45) is 0 Å². The lowest BCUT2D eigenvalue weighted by molar-refractivity contribution is 0.0693. The van der Waals surface area contributed by atoms with Gasteiger partial charge in [0.2, 0.25) is 0 Å². The van der Waals surface area contributed by atoms with Gasteiger partial charge in [-0.3, -0.25) is 4.98 Å². The maximum absolute atomic E-state index is 13.8. The van der Waals surface area contributed by atoms with Gasteiger partial charge in [-0.25, -0.2) is 13.6 Å². The number of aromatic carboxylic acids is 1. The second-order valence-electron chi connectivity index (χ2n) is 5.77. The molecule has 0 saturated carbocycles. The third-order valence-corrected chi connectivity index (χ3v) is 3.04. The molecule has 0 radical (unpaired) electrons. The molecule has 3 nitrogen and oxygen atoms in total. The molecule has 5 heteroatoms. The minimum atomic E-state index is -1.08. The molecule has 0 aliphatic carbocycles. The minimum Gasteiger partial charge on any atom is -0.478 e. The number of hydrogen-bond donors (Lipinski definition) is 1. The van der Waals surface area contributed by atoms with Crippen molar-refractivity contribution in [3.05, 3.63) is 53.2 Å². The Balaban J connectivity index is 2.64. The molecule has 21 heavy (non-hydrogen) atoms. The van der Waals surface area contributed by atoms with E-state index in [-0.39, 0.29) is 16.8 Å². The summed E-state index contributed by atoms with van der Waals surface area (Å²) in [4.78, 5) is 15.5. The van der Waals surface area contributed by atoms with Gasteiger partial charge >= 0.3 is 5.97 Å². The molecule has 0 amide bonds. The average Bonchev–Trinajstić information content (AvgIpc) is 2.37. The van der Waals surface area contributed by atoms with Crippen LogP contribution in [0.3, 0.4) is 0 Å². The van der Waals surface area contributed by atoms with Crippen LogP contribution in [0.15, 0.2) is 30.3 Å². The molecule has 1 heterocycles. The Morgan fingerprint density at radius 3 is 2.33 bits per heavy atom. The third kappa shape index (κ3) is 3.07. The lowest BCUT2D eigenvalue weighted by atomic mass is 9.88. The first-order valence-electron chi connectivity index (χ1n) is 6.40. The van der Waals surface area contributed by atoms with E-state index < -0.39 is 23.0 Å². The predicted molar refractivity (Wildman–Crippen MR) is 75.2 cm³/mol. The van der Waals surface area contributed by atoms with Crippen LogP contribution in [0.5, 0.6) is 0 Å². The standard InChI is InChI=1S/C16H15F2NO2/c1-16(2,3)14-11(15(20)21)6-7-13(19-14)10-5-4-9(17)8-12(10)18/h4-8H,1-3H3,(H,20,21). The van der Waals surface area contributed by atoms with E-state index in [1.165, 1.54) is 18.2 Å². The van der Waals surface area contributed by atoms with Gasteiger partial charge < -0.3 is 5.11 Å². The Kier molecular flexibility index (Phi) is 3.77. The number of nitrogens with zero attached hydrogens (tertiary/aromatic N) is 1. The first-order chi connectivity index (χ1) is 9.70. The predicted octanol–water partition coefficient (Wildman–Crippen LogP) is 4.02. The first kappa shape index (κ1) is 15.1. The van der Waals surface area contributed by atoms with E-state index >= 15 is 0 Å². The monoisotopic (exact) mass is 291 g/mol. The van der Waals surface area contributed by atoms with Crippen molar-refractivity contribution in [1.82, 2.24) is 4.98 Å². The van der Waals surface area contributed by atoms with E-state index in [4.69, 9.17) is 0 Å². The number of carbonyl (C=O) groups is 1. The maximum Gasteiger partial charge on any atom is 0.337 e. The number of carboxylic acid groups (broad SMARTS) is 1. The zero-order valence-electron chi connectivity index (χ0n) is 11.9. The molecule has 110 valence electrons. The van der Waals surface area contributed by atoms with E-state index in [1.54, 1.807) is 0 Å². The van der Waals surface area contributed by atoms with Crippen molar-refractivity contribution in [3.8, 4) is 11.3 Å². The van der Waals surface area contributed by atoms with Crippen LogP contribution in [-0.4, -0.2) is 16.1 Å². The van der Waals surface area contributed by atoms with E-state index in [0.717, 1.165) is 12.1 Å². The molecule has 1 aromatic carbocycles. The highest BCUT2D eigenvalue weighted by Gasteiger charge is 2.24. The second-order valence-corrected chi connectivity index (χ2v) is 5.77. The Bertz CT molecular complexity index is 706. The van der Waals surface area contributed by atoms with Gasteiger partial charge in [0.1, 0.15) is 11.6 Å². The quantitative estimate of drug-likeness (QED) is 0.909. The molecule has 0 atom stereocenters. The largest absolute Gasteiger partial charge is 0.478 e. The van der Waals surface area contributed by atoms with Crippen molar-refractivity contribution in [2.75, 3.05) is 0 Å². The molecule has 1 N–H and O–H groups in total. The fourth-order valence-electron chi connectivity index (χ4n) is 2.05. The Hall–Kier alpha value is -2.30. The van der Waals surface area contributed by atoms with Gasteiger partial charge in [-0.1, -0.05) is 20.8 Å². The van der Waals surface area contributed by atoms with Gasteiger partial charge in [0.15, 0.2) is 0 Å². The van der Waals surface area contributed by atoms with Crippen molar-refractivity contribution < 1.29 is 18.7 Å². The summed E-state index contributed by atoms with van der Waals surface area (Å²) in [5, 5.41) is 9.22. The molecule has 0 fully saturated rings. The van der Waals surface area contributed by atoms with Crippen LogP contribution in [0, 0.1) is 11.6 Å². The van der Waals surface area contributed by atoms with Gasteiger partial charge in [0.05, 0.1) is 17.0 Å². The minimum absolute atomic E-state index is 0.0776. The lowest BCUT2D eigenvalue weighted by Crippen LogP contribution is -2.19. The van der Waals surface area contributed by atoms with Crippen molar-refractivity contribution >= 4 is 5.97 Å². The summed E-state index contributed by atoms with van der Waals surface area (Å²) in [6.45, 7) is 5.48. The molecule has 0 saturated heterocycles. The summed E-state index contributed by atoms with van der Waals surface area (Å²) in [6, 6.07) is 6.03. The molecule has 0 spiro atoms. The molecular formula is C16H15F2NO2. The number of pyridine rings is 1. The molecule has 0 unspecified atom stereocenters. The molecule has 2 rings (SSSR count). The topological polar surface area (TPSA) is 50.2 Å². The molecule has 0 aliphatic rings. The highest BCUT2D eigenvalue weighted by Crippen LogP contribution is 2.29. The maximum atomic E-state index is 13.8. The summed E-state index contributed by atoms with van der Waals surface area (Å²) in [6.07, 6.45) is 0. The summed E-state index contributed by atoms with van der Waals surface area (Å²) >= 11 is 0. The summed E-state index contributed by atoms with van der Waals surface area (Å²) in [5.41, 5.74) is 0.339. The van der Waals surface area contributed by atoms with Crippen molar-refractivity contribution in [2.45, 2.75) is 26.2 Å². The Morgan fingerprint density at radius 1 is 1.14 bits per heavy atom. The lowest BCUT2D eigenvalue weighted by Gasteiger charge is -2.21. The zero-order valence-corrected chi connectivity index (χ0v) is 11.9. The van der Waals surface area contributed by atoms with Gasteiger partial charge in [0.25, 0.3) is 0 Å². The smallest absolute Gasteiger partial charge is 0.337 e. The summed E-state index contributed by atoms with van der Waals surface area (Å²) in [5.74, 6) is -2.49. The number of rotatable bonds is 2. The van der Waals surface area contributed by atoms with E-state index in [2.05, 4.69) is 4.98 Å². The highest BCUT2D eigenvalue weighted by molar-refractivity contribution is 5.89. The van der Waals surface area contributed by atoms with Gasteiger partial charge in [-0.2, -0.15) is 0 Å². The Labute approximate surface area is 121 Å². The van der Waals surface area contributed by atoms with E-state index in [9.17, 15) is 18.7 Å². The second kappa shape index (κ2) is 5.24. The van der Waals surface area contributed by atoms with Gasteiger partial charge in [0, 0.05) is 17.0 Å². The van der Waals surface area contributed by atoms with Crippen LogP contribution in [0.4, 0.5) is 8.78 Å². The molecule has 2 aromatic rings. The van der Waals surface area contributed by atoms with Crippen LogP contribution >= 0.6 is 0 Å². The summed E-state index contributed by atoms with van der Waals surface area (Å²) < 4.78 is 26.8. The fraction of sp³-hybridized carbons (Fsp3) is 0.250. The number of aromatic nitrogens is 1. The first-order valence-corrected chi connectivity index (χ1v) is 6.40. The van der Waals surface area contributed by atoms with Crippen LogP contribution in [0.25, 0.3) is 11.3 Å². The average molecular weight is 291 g/mol. The van der Waals surface area contributed by atoms with Crippen LogP contribution < -0.4 is 0 Å². The zero-order chi connectivity index (χ0) is 15.8. The van der Waals surface area contributed by atoms with Crippen molar-refractivity contribution in [3.63, 3.8) is 0 Å². The summed E-state index contributed by atoms with van der Waals surface area (Å²) in [7, 11) is 0. The Morgan fingerprint density at radius 2 is 1.81 bits per heavy atom. The molecule has 1 aromatic heterocycles. The molecular weight excluding hydrogens is 276 g/mol.